The molecule has 0 aliphatic heterocycles. The molecule has 3 rings (SSSR count). The molecule has 35 heavy (non-hydrogen) atoms. The Hall–Kier alpha value is -2.16. The van der Waals surface area contributed by atoms with Crippen molar-refractivity contribution in [2.75, 3.05) is 13.0 Å². The fraction of sp³-hybridized carbons (Fsp3) is 0.304. The molecule has 8 nitrogen and oxygen atoms in total. The molecule has 1 aromatic heterocycles. The van der Waals surface area contributed by atoms with Gasteiger partial charge in [-0.05, 0) is 41.8 Å². The summed E-state index contributed by atoms with van der Waals surface area (Å²) in [6.45, 7) is 5.55. The van der Waals surface area contributed by atoms with Gasteiger partial charge in [0.1, 0.15) is 16.6 Å². The average molecular weight is 558 g/mol. The van der Waals surface area contributed by atoms with E-state index in [4.69, 9.17) is 43.4 Å². The first-order valence-corrected chi connectivity index (χ1v) is 14.4. The van der Waals surface area contributed by atoms with Crippen LogP contribution in [0.1, 0.15) is 36.8 Å². The molecule has 0 spiro atoms. The van der Waals surface area contributed by atoms with Crippen LogP contribution in [0.25, 0.3) is 0 Å². The molecule has 0 fully saturated rings. The summed E-state index contributed by atoms with van der Waals surface area (Å²) in [4.78, 5) is 26.4. The molecule has 0 saturated heterocycles. The van der Waals surface area contributed by atoms with Crippen molar-refractivity contribution in [3.05, 3.63) is 69.6 Å². The molecule has 3 aromatic rings. The second kappa shape index (κ2) is 11.7. The van der Waals surface area contributed by atoms with Gasteiger partial charge in [-0.3, -0.25) is 4.57 Å². The maximum atomic E-state index is 11.6. The van der Waals surface area contributed by atoms with Crippen LogP contribution < -0.4 is 10.5 Å². The van der Waals surface area contributed by atoms with Crippen molar-refractivity contribution in [3.8, 4) is 5.75 Å². The lowest BCUT2D eigenvalue weighted by molar-refractivity contribution is 0.145. The number of nitrogens with two attached hydrogens (primary N) is 1. The molecule has 1 amide bonds. The molecule has 12 heteroatoms. The van der Waals surface area contributed by atoms with Gasteiger partial charge in [-0.1, -0.05) is 60.9 Å². The largest absolute Gasteiger partial charge is 0.484 e. The smallest absolute Gasteiger partial charge is 0.404 e. The van der Waals surface area contributed by atoms with Crippen LogP contribution in [0, 0.1) is 0 Å². The number of nitrogens with zero attached hydrogens (tertiary/aromatic N) is 2. The standard InChI is InChI=1S/C23H26Cl2N3O5PS/c1-14(2)21-22(35-19-9-16(24)8-17(25)10-19)28(20(27-21)12-32-23(26)29)11-15-5-4-6-18(7-15)33-13-34(3,30)31/h4-10,14H,11-13H2,1-3H3,(H2,26,29)(H,30,31). The maximum Gasteiger partial charge on any atom is 0.404 e. The van der Waals surface area contributed by atoms with Crippen molar-refractivity contribution < 1.29 is 23.7 Å². The van der Waals surface area contributed by atoms with Crippen molar-refractivity contribution in [1.29, 1.82) is 0 Å². The summed E-state index contributed by atoms with van der Waals surface area (Å²) in [5.41, 5.74) is 6.87. The van der Waals surface area contributed by atoms with E-state index in [1.165, 1.54) is 18.4 Å². The quantitative estimate of drug-likeness (QED) is 0.279. The van der Waals surface area contributed by atoms with Crippen LogP contribution >= 0.6 is 42.3 Å². The van der Waals surface area contributed by atoms with Crippen molar-refractivity contribution in [2.24, 2.45) is 5.73 Å². The molecule has 1 unspecified atom stereocenters. The summed E-state index contributed by atoms with van der Waals surface area (Å²) in [5.74, 6) is 1.05. The molecular formula is C23H26Cl2N3O5PS. The molecule has 0 aliphatic carbocycles. The first-order valence-electron chi connectivity index (χ1n) is 10.6. The zero-order chi connectivity index (χ0) is 25.8. The number of ether oxygens (including phenoxy) is 2. The number of rotatable bonds is 10. The predicted octanol–water partition coefficient (Wildman–Crippen LogP) is 6.34. The zero-order valence-electron chi connectivity index (χ0n) is 19.4. The van der Waals surface area contributed by atoms with Crippen LogP contribution in [0.2, 0.25) is 10.0 Å². The number of benzene rings is 2. The van der Waals surface area contributed by atoms with Crippen molar-refractivity contribution >= 4 is 48.4 Å². The van der Waals surface area contributed by atoms with E-state index in [9.17, 15) is 14.3 Å². The summed E-state index contributed by atoms with van der Waals surface area (Å²) in [6.07, 6.45) is -1.18. The Kier molecular flexibility index (Phi) is 9.18. The van der Waals surface area contributed by atoms with Gasteiger partial charge in [-0.15, -0.1) is 0 Å². The third-order valence-electron chi connectivity index (χ3n) is 4.68. The first-order chi connectivity index (χ1) is 16.4. The van der Waals surface area contributed by atoms with E-state index >= 15 is 0 Å². The van der Waals surface area contributed by atoms with Crippen molar-refractivity contribution in [2.45, 2.75) is 42.8 Å². The van der Waals surface area contributed by atoms with E-state index in [0.717, 1.165) is 21.2 Å². The van der Waals surface area contributed by atoms with Crippen molar-refractivity contribution in [3.63, 3.8) is 0 Å². The van der Waals surface area contributed by atoms with Crippen molar-refractivity contribution in [1.82, 2.24) is 9.55 Å². The molecular weight excluding hydrogens is 532 g/mol. The summed E-state index contributed by atoms with van der Waals surface area (Å²) in [6, 6.07) is 12.5. The molecule has 0 saturated carbocycles. The lowest BCUT2D eigenvalue weighted by Gasteiger charge is -2.15. The first kappa shape index (κ1) is 27.4. The Bertz CT molecular complexity index is 1240. The summed E-state index contributed by atoms with van der Waals surface area (Å²) in [7, 11) is -3.32. The molecule has 1 atom stereocenters. The van der Waals surface area contributed by atoms with Gasteiger partial charge in [0.2, 0.25) is 7.37 Å². The summed E-state index contributed by atoms with van der Waals surface area (Å²) < 4.78 is 24.1. The van der Waals surface area contributed by atoms with Crippen LogP contribution in [0.15, 0.2) is 52.4 Å². The van der Waals surface area contributed by atoms with E-state index < -0.39 is 13.5 Å². The number of amides is 1. The number of hydrogen-bond donors (Lipinski definition) is 2. The van der Waals surface area contributed by atoms with E-state index in [1.54, 1.807) is 24.3 Å². The zero-order valence-corrected chi connectivity index (χ0v) is 22.6. The maximum absolute atomic E-state index is 11.6. The number of primary amides is 1. The Morgan fingerprint density at radius 3 is 2.51 bits per heavy atom. The minimum Gasteiger partial charge on any atom is -0.484 e. The molecule has 2 aromatic carbocycles. The van der Waals surface area contributed by atoms with E-state index in [2.05, 4.69) is 0 Å². The van der Waals surface area contributed by atoms with E-state index in [1.807, 2.05) is 36.6 Å². The normalized spacial score (nSPS) is 13.0. The second-order valence-corrected chi connectivity index (χ2v) is 12.5. The van der Waals surface area contributed by atoms with Gasteiger partial charge < -0.3 is 24.7 Å². The topological polar surface area (TPSA) is 117 Å². The highest BCUT2D eigenvalue weighted by Crippen LogP contribution is 2.38. The van der Waals surface area contributed by atoms with Crippen LogP contribution in [-0.2, 0) is 22.5 Å². The number of imidazole rings is 1. The lowest BCUT2D eigenvalue weighted by Crippen LogP contribution is -2.15. The number of carbonyl (C=O) groups is 1. The molecule has 0 aliphatic rings. The van der Waals surface area contributed by atoms with Crippen LogP contribution in [0.3, 0.4) is 0 Å². The summed E-state index contributed by atoms with van der Waals surface area (Å²) >= 11 is 13.9. The summed E-state index contributed by atoms with van der Waals surface area (Å²) in [5, 5.41) is 1.86. The van der Waals surface area contributed by atoms with E-state index in [0.29, 0.717) is 28.2 Å². The van der Waals surface area contributed by atoms with Gasteiger partial charge in [0.25, 0.3) is 0 Å². The number of carbonyl (C=O) groups excluding carboxylic acids is 1. The minimum atomic E-state index is -3.32. The molecule has 3 N–H and O–H groups in total. The fourth-order valence-corrected chi connectivity index (χ4v) is 5.51. The highest BCUT2D eigenvalue weighted by atomic mass is 35.5. The van der Waals surface area contributed by atoms with Gasteiger partial charge >= 0.3 is 6.09 Å². The monoisotopic (exact) mass is 557 g/mol. The molecule has 0 radical (unpaired) electrons. The Balaban J connectivity index is 2.03. The van der Waals surface area contributed by atoms with E-state index in [-0.39, 0.29) is 18.9 Å². The molecule has 188 valence electrons. The average Bonchev–Trinajstić information content (AvgIpc) is 3.07. The minimum absolute atomic E-state index is 0.0682. The second-order valence-electron chi connectivity index (χ2n) is 8.25. The van der Waals surface area contributed by atoms with Crippen LogP contribution in [0.5, 0.6) is 5.75 Å². The van der Waals surface area contributed by atoms with Crippen LogP contribution in [0.4, 0.5) is 4.79 Å². The third-order valence-corrected chi connectivity index (χ3v) is 6.82. The Morgan fingerprint density at radius 1 is 1.23 bits per heavy atom. The number of aromatic nitrogens is 2. The molecule has 0 bridgehead atoms. The lowest BCUT2D eigenvalue weighted by atomic mass is 10.1. The van der Waals surface area contributed by atoms with Gasteiger partial charge in [0.05, 0.1) is 12.2 Å². The van der Waals surface area contributed by atoms with Gasteiger partial charge in [0.15, 0.2) is 13.0 Å². The van der Waals surface area contributed by atoms with Gasteiger partial charge in [-0.25, -0.2) is 9.78 Å². The third kappa shape index (κ3) is 8.19. The SMILES string of the molecule is CC(C)c1nc(COC(N)=O)n(Cc2cccc(OCP(C)(=O)O)c2)c1Sc1cc(Cl)cc(Cl)c1. The highest BCUT2D eigenvalue weighted by molar-refractivity contribution is 7.99. The van der Waals surface area contributed by atoms with Gasteiger partial charge in [-0.2, -0.15) is 0 Å². The number of hydrogen-bond acceptors (Lipinski definition) is 6. The Morgan fingerprint density at radius 2 is 1.91 bits per heavy atom. The fourth-order valence-electron chi connectivity index (χ4n) is 3.20. The van der Waals surface area contributed by atoms with Crippen LogP contribution in [-0.4, -0.2) is 33.6 Å². The molecule has 1 heterocycles. The highest BCUT2D eigenvalue weighted by Gasteiger charge is 2.22. The predicted molar refractivity (Wildman–Crippen MR) is 138 cm³/mol. The van der Waals surface area contributed by atoms with Gasteiger partial charge in [0, 0.05) is 21.6 Å². The Labute approximate surface area is 218 Å². The number of halogens is 2.